The maximum Gasteiger partial charge on any atom is 0.251 e. The predicted octanol–water partition coefficient (Wildman–Crippen LogP) is 2.85. The van der Waals surface area contributed by atoms with Crippen molar-refractivity contribution in [2.45, 2.75) is 6.55 Å². The second-order valence-corrected chi connectivity index (χ2v) is 10.3. The van der Waals surface area contributed by atoms with Crippen molar-refractivity contribution in [2.24, 2.45) is 0 Å². The van der Waals surface area contributed by atoms with E-state index >= 15 is 0 Å². The van der Waals surface area contributed by atoms with E-state index < -0.39 is 8.07 Å². The van der Waals surface area contributed by atoms with Crippen LogP contribution in [0.4, 0.5) is 0 Å². The minimum absolute atomic E-state index is 0.0128. The monoisotopic (exact) mass is 331 g/mol. The van der Waals surface area contributed by atoms with Gasteiger partial charge in [-0.15, -0.1) is 0 Å². The Labute approximate surface area is 144 Å². The smallest absolute Gasteiger partial charge is 0.251 e. The molecule has 1 N–H and O–H groups in total. The number of carbonyl (C=O) groups is 1. The summed E-state index contributed by atoms with van der Waals surface area (Å²) >= 11 is 0. The van der Waals surface area contributed by atoms with Gasteiger partial charge in [0.05, 0.1) is 0 Å². The molecule has 0 saturated heterocycles. The van der Waals surface area contributed by atoms with Gasteiger partial charge in [0.2, 0.25) is 0 Å². The average molecular weight is 331 g/mol. The number of benzene rings is 3. The van der Waals surface area contributed by atoms with Crippen LogP contribution in [0.15, 0.2) is 91.0 Å². The number of carbonyl (C=O) groups excluding carboxylic acids is 1. The molecular weight excluding hydrogens is 310 g/mol. The van der Waals surface area contributed by atoms with E-state index in [9.17, 15) is 4.79 Å². The summed E-state index contributed by atoms with van der Waals surface area (Å²) in [6.07, 6.45) is 0.675. The van der Waals surface area contributed by atoms with Crippen LogP contribution in [-0.4, -0.2) is 20.1 Å². The van der Waals surface area contributed by atoms with Crippen LogP contribution in [0.2, 0.25) is 6.55 Å². The lowest BCUT2D eigenvalue weighted by Crippen LogP contribution is -2.62. The molecule has 0 aliphatic carbocycles. The highest BCUT2D eigenvalue weighted by Crippen LogP contribution is 2.06. The predicted molar refractivity (Wildman–Crippen MR) is 103 cm³/mol. The van der Waals surface area contributed by atoms with E-state index in [1.165, 1.54) is 10.4 Å². The van der Waals surface area contributed by atoms with Crippen LogP contribution in [-0.2, 0) is 0 Å². The van der Waals surface area contributed by atoms with Crippen LogP contribution in [0.3, 0.4) is 0 Å². The largest absolute Gasteiger partial charge is 0.354 e. The summed E-state index contributed by atoms with van der Waals surface area (Å²) in [6, 6.07) is 30.4. The molecule has 0 heterocycles. The van der Waals surface area contributed by atoms with E-state index in [1.54, 1.807) is 0 Å². The Bertz CT molecular complexity index is 748. The molecule has 0 aromatic heterocycles. The SMILES string of the molecule is C[Si](CNC(=O)c1ccccc1)(c1ccccc1)c1ccccc1. The standard InChI is InChI=1S/C21H21NOSi/c1-24(19-13-7-3-8-14-19,20-15-9-4-10-16-20)17-22-21(23)18-11-5-2-6-12-18/h2-16H,17H2,1H3,(H,22,23). The molecule has 24 heavy (non-hydrogen) atoms. The molecule has 3 aromatic carbocycles. The van der Waals surface area contributed by atoms with E-state index in [0.29, 0.717) is 11.7 Å². The summed E-state index contributed by atoms with van der Waals surface area (Å²) in [5.74, 6) is -0.0128. The fourth-order valence-electron chi connectivity index (χ4n) is 2.93. The lowest BCUT2D eigenvalue weighted by atomic mass is 10.2. The molecule has 0 fully saturated rings. The zero-order valence-corrected chi connectivity index (χ0v) is 14.8. The Morgan fingerprint density at radius 3 is 1.62 bits per heavy atom. The molecular formula is C21H21NOSi. The zero-order chi connectivity index (χ0) is 16.8. The van der Waals surface area contributed by atoms with Crippen molar-refractivity contribution in [1.29, 1.82) is 0 Å². The van der Waals surface area contributed by atoms with E-state index in [2.05, 4.69) is 60.4 Å². The second kappa shape index (κ2) is 7.28. The van der Waals surface area contributed by atoms with E-state index in [-0.39, 0.29) is 5.91 Å². The molecule has 0 radical (unpaired) electrons. The van der Waals surface area contributed by atoms with Gasteiger partial charge in [0.1, 0.15) is 8.07 Å². The average Bonchev–Trinajstić information content (AvgIpc) is 2.68. The second-order valence-electron chi connectivity index (χ2n) is 6.11. The summed E-state index contributed by atoms with van der Waals surface area (Å²) in [7, 11) is -2.03. The Balaban J connectivity index is 1.88. The molecule has 3 aromatic rings. The lowest BCUT2D eigenvalue weighted by molar-refractivity contribution is 0.0959. The van der Waals surface area contributed by atoms with Gasteiger partial charge in [-0.1, -0.05) is 95.8 Å². The number of hydrogen-bond donors (Lipinski definition) is 1. The topological polar surface area (TPSA) is 29.1 Å². The number of nitrogens with one attached hydrogen (secondary N) is 1. The Morgan fingerprint density at radius 2 is 1.17 bits per heavy atom. The zero-order valence-electron chi connectivity index (χ0n) is 13.8. The Morgan fingerprint density at radius 1 is 0.750 bits per heavy atom. The fourth-order valence-corrected chi connectivity index (χ4v) is 6.04. The van der Waals surface area contributed by atoms with Crippen LogP contribution in [0.5, 0.6) is 0 Å². The normalized spacial score (nSPS) is 11.0. The molecule has 3 rings (SSSR count). The van der Waals surface area contributed by atoms with Gasteiger partial charge in [-0.05, 0) is 12.1 Å². The lowest BCUT2D eigenvalue weighted by Gasteiger charge is -2.29. The maximum atomic E-state index is 12.5. The third kappa shape index (κ3) is 3.47. The van der Waals surface area contributed by atoms with Gasteiger partial charge >= 0.3 is 0 Å². The molecule has 2 nitrogen and oxygen atoms in total. The molecule has 0 unspecified atom stereocenters. The first-order valence-electron chi connectivity index (χ1n) is 8.14. The summed E-state index contributed by atoms with van der Waals surface area (Å²) in [5, 5.41) is 5.81. The van der Waals surface area contributed by atoms with Gasteiger partial charge in [0.25, 0.3) is 5.91 Å². The van der Waals surface area contributed by atoms with Crippen LogP contribution in [0.1, 0.15) is 10.4 Å². The molecule has 1 amide bonds. The first-order valence-corrected chi connectivity index (χ1v) is 10.9. The van der Waals surface area contributed by atoms with Gasteiger partial charge in [0.15, 0.2) is 0 Å². The first kappa shape index (κ1) is 16.2. The highest BCUT2D eigenvalue weighted by Gasteiger charge is 2.32. The molecule has 0 bridgehead atoms. The molecule has 120 valence electrons. The molecule has 0 atom stereocenters. The van der Waals surface area contributed by atoms with Gasteiger partial charge in [-0.3, -0.25) is 4.79 Å². The highest BCUT2D eigenvalue weighted by atomic mass is 28.3. The first-order chi connectivity index (χ1) is 11.7. The van der Waals surface area contributed by atoms with Gasteiger partial charge in [-0.25, -0.2) is 0 Å². The van der Waals surface area contributed by atoms with E-state index in [0.717, 1.165) is 0 Å². The summed E-state index contributed by atoms with van der Waals surface area (Å²) < 4.78 is 0. The van der Waals surface area contributed by atoms with Crippen molar-refractivity contribution < 1.29 is 4.79 Å². The van der Waals surface area contributed by atoms with Crippen molar-refractivity contribution >= 4 is 24.4 Å². The summed E-state index contributed by atoms with van der Waals surface area (Å²) in [4.78, 5) is 12.5. The Kier molecular flexibility index (Phi) is 4.92. The number of amides is 1. The van der Waals surface area contributed by atoms with Crippen molar-refractivity contribution in [2.75, 3.05) is 6.17 Å². The molecule has 0 aliphatic rings. The van der Waals surface area contributed by atoms with Crippen LogP contribution in [0, 0.1) is 0 Å². The van der Waals surface area contributed by atoms with Crippen LogP contribution < -0.4 is 15.7 Å². The third-order valence-corrected chi connectivity index (χ3v) is 8.56. The van der Waals surface area contributed by atoms with E-state index in [4.69, 9.17) is 0 Å². The van der Waals surface area contributed by atoms with Gasteiger partial charge in [0, 0.05) is 11.7 Å². The van der Waals surface area contributed by atoms with Gasteiger partial charge in [-0.2, -0.15) is 0 Å². The number of rotatable bonds is 5. The highest BCUT2D eigenvalue weighted by molar-refractivity contribution is 7.01. The quantitative estimate of drug-likeness (QED) is 0.716. The molecule has 0 saturated carbocycles. The molecule has 0 spiro atoms. The van der Waals surface area contributed by atoms with Crippen LogP contribution in [0.25, 0.3) is 0 Å². The van der Waals surface area contributed by atoms with Crippen molar-refractivity contribution in [1.82, 2.24) is 5.32 Å². The molecule has 3 heteroatoms. The van der Waals surface area contributed by atoms with E-state index in [1.807, 2.05) is 42.5 Å². The summed E-state index contributed by atoms with van der Waals surface area (Å²) in [6.45, 7) is 2.31. The van der Waals surface area contributed by atoms with Crippen molar-refractivity contribution in [3.63, 3.8) is 0 Å². The molecule has 0 aliphatic heterocycles. The van der Waals surface area contributed by atoms with Crippen molar-refractivity contribution in [3.05, 3.63) is 96.6 Å². The Hall–Kier alpha value is -2.65. The minimum Gasteiger partial charge on any atom is -0.354 e. The van der Waals surface area contributed by atoms with Crippen LogP contribution >= 0.6 is 0 Å². The minimum atomic E-state index is -2.03. The number of hydrogen-bond acceptors (Lipinski definition) is 1. The third-order valence-electron chi connectivity index (χ3n) is 4.46. The van der Waals surface area contributed by atoms with Gasteiger partial charge < -0.3 is 5.32 Å². The fraction of sp³-hybridized carbons (Fsp3) is 0.0952. The summed E-state index contributed by atoms with van der Waals surface area (Å²) in [5.41, 5.74) is 0.704. The maximum absolute atomic E-state index is 12.5. The van der Waals surface area contributed by atoms with Crippen molar-refractivity contribution in [3.8, 4) is 0 Å².